The fourth-order valence-electron chi connectivity index (χ4n) is 3.34. The largest absolute Gasteiger partial charge is 0.311 e. The molecule has 0 bridgehead atoms. The molecule has 0 spiro atoms. The van der Waals surface area contributed by atoms with Gasteiger partial charge in [-0.15, -0.1) is 11.3 Å². The van der Waals surface area contributed by atoms with E-state index in [4.69, 9.17) is 0 Å². The Bertz CT molecular complexity index is 441. The molecule has 3 nitrogen and oxygen atoms in total. The van der Waals surface area contributed by atoms with Crippen LogP contribution in [0.3, 0.4) is 0 Å². The van der Waals surface area contributed by atoms with Gasteiger partial charge in [0, 0.05) is 37.1 Å². The summed E-state index contributed by atoms with van der Waals surface area (Å²) < 4.78 is 0. The summed E-state index contributed by atoms with van der Waals surface area (Å²) in [4.78, 5) is 7.37. The van der Waals surface area contributed by atoms with Gasteiger partial charge in [0.15, 0.2) is 0 Å². The molecule has 3 rings (SSSR count). The van der Waals surface area contributed by atoms with Gasteiger partial charge in [0.2, 0.25) is 0 Å². The van der Waals surface area contributed by atoms with Gasteiger partial charge in [-0.1, -0.05) is 20.3 Å². The average molecular weight is 293 g/mol. The topological polar surface area (TPSA) is 28.2 Å². The summed E-state index contributed by atoms with van der Waals surface area (Å²) in [5, 5.41) is 7.23. The van der Waals surface area contributed by atoms with Gasteiger partial charge in [0.25, 0.3) is 0 Å². The SMILES string of the molecule is CCC(C)C1CN(Cc2csc(C)n2)C(C2CC2)CN1. The van der Waals surface area contributed by atoms with E-state index in [1.807, 2.05) is 0 Å². The van der Waals surface area contributed by atoms with Crippen molar-refractivity contribution >= 4 is 11.3 Å². The lowest BCUT2D eigenvalue weighted by Crippen LogP contribution is -2.58. The highest BCUT2D eigenvalue weighted by molar-refractivity contribution is 7.09. The fraction of sp³-hybridized carbons (Fsp3) is 0.812. The van der Waals surface area contributed by atoms with E-state index in [9.17, 15) is 0 Å². The zero-order valence-corrected chi connectivity index (χ0v) is 13.7. The number of aromatic nitrogens is 1. The fourth-order valence-corrected chi connectivity index (χ4v) is 3.94. The van der Waals surface area contributed by atoms with Gasteiger partial charge in [-0.2, -0.15) is 0 Å². The molecule has 3 unspecified atom stereocenters. The van der Waals surface area contributed by atoms with Crippen molar-refractivity contribution < 1.29 is 0 Å². The minimum atomic E-state index is 0.648. The summed E-state index contributed by atoms with van der Waals surface area (Å²) in [6.45, 7) is 10.2. The van der Waals surface area contributed by atoms with E-state index in [2.05, 4.69) is 41.4 Å². The van der Waals surface area contributed by atoms with Gasteiger partial charge in [0.05, 0.1) is 10.7 Å². The quantitative estimate of drug-likeness (QED) is 0.904. The van der Waals surface area contributed by atoms with Crippen molar-refractivity contribution in [1.29, 1.82) is 0 Å². The van der Waals surface area contributed by atoms with Gasteiger partial charge in [-0.3, -0.25) is 4.90 Å². The Morgan fingerprint density at radius 3 is 2.90 bits per heavy atom. The van der Waals surface area contributed by atoms with Gasteiger partial charge >= 0.3 is 0 Å². The van der Waals surface area contributed by atoms with Crippen LogP contribution in [0.4, 0.5) is 0 Å². The van der Waals surface area contributed by atoms with Gasteiger partial charge < -0.3 is 5.32 Å². The molecule has 1 N–H and O–H groups in total. The lowest BCUT2D eigenvalue weighted by molar-refractivity contribution is 0.0881. The summed E-state index contributed by atoms with van der Waals surface area (Å²) in [5.41, 5.74) is 1.27. The minimum Gasteiger partial charge on any atom is -0.311 e. The van der Waals surface area contributed by atoms with Crippen LogP contribution < -0.4 is 5.32 Å². The Morgan fingerprint density at radius 1 is 1.50 bits per heavy atom. The first-order valence-electron chi connectivity index (χ1n) is 8.05. The maximum absolute atomic E-state index is 4.67. The number of hydrogen-bond acceptors (Lipinski definition) is 4. The van der Waals surface area contributed by atoms with Gasteiger partial charge in [-0.05, 0) is 31.6 Å². The zero-order valence-electron chi connectivity index (χ0n) is 12.9. The Labute approximate surface area is 126 Å². The van der Waals surface area contributed by atoms with Crippen molar-refractivity contribution in [2.75, 3.05) is 13.1 Å². The van der Waals surface area contributed by atoms with Crippen molar-refractivity contribution in [3.8, 4) is 0 Å². The number of nitrogens with zero attached hydrogens (tertiary/aromatic N) is 2. The van der Waals surface area contributed by atoms with E-state index in [0.29, 0.717) is 6.04 Å². The monoisotopic (exact) mass is 293 g/mol. The number of thiazole rings is 1. The Kier molecular flexibility index (Phi) is 4.43. The molecule has 2 fully saturated rings. The molecular weight excluding hydrogens is 266 g/mol. The second-order valence-electron chi connectivity index (χ2n) is 6.59. The maximum atomic E-state index is 4.67. The van der Waals surface area contributed by atoms with Crippen LogP contribution in [0.1, 0.15) is 43.8 Å². The van der Waals surface area contributed by atoms with Crippen LogP contribution in [0.25, 0.3) is 0 Å². The molecule has 1 aromatic heterocycles. The predicted molar refractivity (Wildman–Crippen MR) is 85.0 cm³/mol. The van der Waals surface area contributed by atoms with Crippen molar-refractivity contribution in [3.63, 3.8) is 0 Å². The second-order valence-corrected chi connectivity index (χ2v) is 7.65. The predicted octanol–water partition coefficient (Wildman–Crippen LogP) is 3.05. The third kappa shape index (κ3) is 3.23. The van der Waals surface area contributed by atoms with Crippen LogP contribution in [0.15, 0.2) is 5.38 Å². The molecule has 1 saturated carbocycles. The number of hydrogen-bond donors (Lipinski definition) is 1. The highest BCUT2D eigenvalue weighted by atomic mass is 32.1. The van der Waals surface area contributed by atoms with E-state index >= 15 is 0 Å². The highest BCUT2D eigenvalue weighted by Crippen LogP contribution is 2.37. The Balaban J connectivity index is 1.68. The minimum absolute atomic E-state index is 0.648. The lowest BCUT2D eigenvalue weighted by Gasteiger charge is -2.42. The summed E-state index contributed by atoms with van der Waals surface area (Å²) in [6, 6.07) is 1.38. The molecule has 1 aliphatic heterocycles. The molecule has 3 atom stereocenters. The first-order valence-corrected chi connectivity index (χ1v) is 8.93. The lowest BCUT2D eigenvalue weighted by atomic mass is 9.94. The summed E-state index contributed by atoms with van der Waals surface area (Å²) in [7, 11) is 0. The Morgan fingerprint density at radius 2 is 2.30 bits per heavy atom. The smallest absolute Gasteiger partial charge is 0.0897 e. The molecule has 2 aliphatic rings. The first-order chi connectivity index (χ1) is 9.67. The molecule has 2 heterocycles. The van der Waals surface area contributed by atoms with Crippen LogP contribution in [-0.2, 0) is 6.54 Å². The summed E-state index contributed by atoms with van der Waals surface area (Å²) in [6.07, 6.45) is 4.11. The number of nitrogens with one attached hydrogen (secondary N) is 1. The van der Waals surface area contributed by atoms with E-state index in [0.717, 1.165) is 24.4 Å². The molecule has 0 aromatic carbocycles. The Hall–Kier alpha value is -0.450. The van der Waals surface area contributed by atoms with Crippen molar-refractivity contribution in [2.24, 2.45) is 11.8 Å². The van der Waals surface area contributed by atoms with Crippen molar-refractivity contribution in [3.05, 3.63) is 16.1 Å². The number of rotatable bonds is 5. The standard InChI is InChI=1S/C16H27N3S/c1-4-11(2)15-9-19(8-14-10-20-12(3)18-14)16(7-17-15)13-5-6-13/h10-11,13,15-17H,4-9H2,1-3H3. The van der Waals surface area contributed by atoms with E-state index in [1.54, 1.807) is 11.3 Å². The molecular formula is C16H27N3S. The molecule has 1 aliphatic carbocycles. The number of piperazine rings is 1. The van der Waals surface area contributed by atoms with E-state index in [1.165, 1.54) is 43.1 Å². The number of aryl methyl sites for hydroxylation is 1. The highest BCUT2D eigenvalue weighted by Gasteiger charge is 2.39. The van der Waals surface area contributed by atoms with Crippen molar-refractivity contribution in [2.45, 2.75) is 58.7 Å². The van der Waals surface area contributed by atoms with Crippen LogP contribution in [0.5, 0.6) is 0 Å². The molecule has 1 saturated heterocycles. The van der Waals surface area contributed by atoms with Crippen molar-refractivity contribution in [1.82, 2.24) is 15.2 Å². The zero-order chi connectivity index (χ0) is 14.1. The van der Waals surface area contributed by atoms with E-state index < -0.39 is 0 Å². The summed E-state index contributed by atoms with van der Waals surface area (Å²) >= 11 is 1.78. The van der Waals surface area contributed by atoms with Crippen LogP contribution in [0.2, 0.25) is 0 Å². The average Bonchev–Trinajstić information content (AvgIpc) is 3.21. The van der Waals surface area contributed by atoms with Gasteiger partial charge in [-0.25, -0.2) is 4.98 Å². The van der Waals surface area contributed by atoms with Crippen LogP contribution in [-0.4, -0.2) is 35.1 Å². The van der Waals surface area contributed by atoms with Crippen LogP contribution >= 0.6 is 11.3 Å². The first kappa shape index (κ1) is 14.5. The summed E-state index contributed by atoms with van der Waals surface area (Å²) in [5.74, 6) is 1.69. The normalized spacial score (nSPS) is 29.6. The third-order valence-electron chi connectivity index (χ3n) is 5.02. The van der Waals surface area contributed by atoms with E-state index in [-0.39, 0.29) is 0 Å². The molecule has 112 valence electrons. The molecule has 1 aromatic rings. The van der Waals surface area contributed by atoms with Gasteiger partial charge in [0.1, 0.15) is 0 Å². The second kappa shape index (κ2) is 6.12. The molecule has 20 heavy (non-hydrogen) atoms. The van der Waals surface area contributed by atoms with Crippen LogP contribution in [0, 0.1) is 18.8 Å². The molecule has 0 amide bonds. The third-order valence-corrected chi connectivity index (χ3v) is 5.84. The maximum Gasteiger partial charge on any atom is 0.0897 e. The molecule has 0 radical (unpaired) electrons. The molecule has 4 heteroatoms.